The molecule has 0 aliphatic heterocycles. The van der Waals surface area contributed by atoms with Crippen LogP contribution in [0.15, 0.2) is 48.2 Å². The molecule has 4 heteroatoms. The highest BCUT2D eigenvalue weighted by Crippen LogP contribution is 2.12. The summed E-state index contributed by atoms with van der Waals surface area (Å²) in [6, 6.07) is 0. The van der Waals surface area contributed by atoms with Gasteiger partial charge in [-0.1, -0.05) is 56.2 Å². The van der Waals surface area contributed by atoms with E-state index in [0.29, 0.717) is 25.0 Å². The standard InChI is InChI=1S/C20H30NO3/c1-2-3-4-5-6-7-8-9-11-14-17-20(21(23)24)18-15-12-10-13-16-19-22/h3-4,6-7,9,11,17H,2,5,8,10,12-16,18H2,1H3/b4-3+,7-6+,11-9+,20-17-. The topological polar surface area (TPSA) is 60.2 Å². The van der Waals surface area contributed by atoms with Crippen LogP contribution in [0.2, 0.25) is 0 Å². The number of rotatable bonds is 15. The van der Waals surface area contributed by atoms with E-state index < -0.39 is 0 Å². The Labute approximate surface area is 146 Å². The summed E-state index contributed by atoms with van der Waals surface area (Å²) in [6.07, 6.45) is 24.0. The lowest BCUT2D eigenvalue weighted by atomic mass is 10.1. The molecule has 0 spiro atoms. The molecular weight excluding hydrogens is 302 g/mol. The quantitative estimate of drug-likeness (QED) is 0.164. The van der Waals surface area contributed by atoms with Crippen molar-refractivity contribution in [1.82, 2.24) is 0 Å². The molecule has 0 fully saturated rings. The summed E-state index contributed by atoms with van der Waals surface area (Å²) >= 11 is 0. The van der Waals surface area contributed by atoms with Gasteiger partial charge in [-0.3, -0.25) is 14.9 Å². The molecule has 0 N–H and O–H groups in total. The van der Waals surface area contributed by atoms with E-state index in [1.165, 1.54) is 0 Å². The molecule has 0 heterocycles. The summed E-state index contributed by atoms with van der Waals surface area (Å²) < 4.78 is 0. The predicted octanol–water partition coefficient (Wildman–Crippen LogP) is 5.85. The van der Waals surface area contributed by atoms with E-state index in [0.717, 1.165) is 44.9 Å². The van der Waals surface area contributed by atoms with Crippen LogP contribution in [0.25, 0.3) is 0 Å². The molecule has 0 aromatic heterocycles. The normalized spacial score (nSPS) is 12.6. The number of nitro groups is 1. The molecule has 24 heavy (non-hydrogen) atoms. The number of hydrogen-bond donors (Lipinski definition) is 0. The number of unbranched alkanes of at least 4 members (excludes halogenated alkanes) is 4. The molecule has 0 unspecified atom stereocenters. The lowest BCUT2D eigenvalue weighted by molar-refractivity contribution is -0.428. The summed E-state index contributed by atoms with van der Waals surface area (Å²) in [7, 11) is 0. The van der Waals surface area contributed by atoms with Gasteiger partial charge in [0.1, 0.15) is 0 Å². The van der Waals surface area contributed by atoms with Crippen LogP contribution in [0, 0.1) is 10.1 Å². The highest BCUT2D eigenvalue weighted by atomic mass is 16.6. The van der Waals surface area contributed by atoms with Crippen LogP contribution in [0.4, 0.5) is 0 Å². The van der Waals surface area contributed by atoms with E-state index in [1.54, 1.807) is 6.08 Å². The van der Waals surface area contributed by atoms with Gasteiger partial charge >= 0.3 is 0 Å². The third-order valence-corrected chi connectivity index (χ3v) is 3.47. The Hall–Kier alpha value is -1.97. The van der Waals surface area contributed by atoms with Crippen molar-refractivity contribution in [1.29, 1.82) is 0 Å². The fourth-order valence-corrected chi connectivity index (χ4v) is 2.13. The van der Waals surface area contributed by atoms with Crippen molar-refractivity contribution < 1.29 is 9.72 Å². The molecular formula is C20H30NO3. The maximum atomic E-state index is 11.0. The second-order valence-electron chi connectivity index (χ2n) is 5.54. The molecule has 0 aromatic rings. The molecule has 0 saturated heterocycles. The Morgan fingerprint density at radius 3 is 2.08 bits per heavy atom. The van der Waals surface area contributed by atoms with Gasteiger partial charge in [-0.25, -0.2) is 0 Å². The Kier molecular flexibility index (Phi) is 16.0. The zero-order chi connectivity index (χ0) is 17.9. The second-order valence-corrected chi connectivity index (χ2v) is 5.54. The maximum absolute atomic E-state index is 11.0. The average Bonchev–Trinajstić information content (AvgIpc) is 2.57. The van der Waals surface area contributed by atoms with Crippen LogP contribution in [-0.2, 0) is 4.79 Å². The van der Waals surface area contributed by atoms with Gasteiger partial charge in [0, 0.05) is 12.8 Å². The molecule has 0 bridgehead atoms. The molecule has 133 valence electrons. The van der Waals surface area contributed by atoms with Gasteiger partial charge in [0.15, 0.2) is 6.29 Å². The van der Waals surface area contributed by atoms with Crippen LogP contribution in [0.5, 0.6) is 0 Å². The van der Waals surface area contributed by atoms with Crippen LogP contribution in [0.1, 0.15) is 71.1 Å². The van der Waals surface area contributed by atoms with Crippen LogP contribution in [0.3, 0.4) is 0 Å². The number of nitrogens with zero attached hydrogens (tertiary/aromatic N) is 1. The van der Waals surface area contributed by atoms with Gasteiger partial charge in [0.25, 0.3) is 0 Å². The van der Waals surface area contributed by atoms with Crippen molar-refractivity contribution >= 4 is 6.29 Å². The Balaban J connectivity index is 3.94. The first kappa shape index (κ1) is 22.0. The zero-order valence-electron chi connectivity index (χ0n) is 14.8. The third-order valence-electron chi connectivity index (χ3n) is 3.47. The van der Waals surface area contributed by atoms with Crippen molar-refractivity contribution in [2.24, 2.45) is 0 Å². The highest BCUT2D eigenvalue weighted by molar-refractivity contribution is 5.50. The molecule has 0 saturated carbocycles. The molecule has 0 amide bonds. The van der Waals surface area contributed by atoms with Crippen LogP contribution < -0.4 is 0 Å². The second kappa shape index (κ2) is 17.4. The Bertz CT molecular complexity index is 448. The molecule has 0 aliphatic rings. The molecule has 0 atom stereocenters. The van der Waals surface area contributed by atoms with Crippen LogP contribution in [-0.4, -0.2) is 11.2 Å². The highest BCUT2D eigenvalue weighted by Gasteiger charge is 2.08. The average molecular weight is 332 g/mol. The van der Waals surface area contributed by atoms with Crippen molar-refractivity contribution in [3.05, 3.63) is 58.3 Å². The largest absolute Gasteiger partial charge is 0.291 e. The zero-order valence-corrected chi connectivity index (χ0v) is 14.8. The SMILES string of the molecule is CC/C=C/C/C=C/C/C=C/C/C=C(/CCCCCC[C]=O)[N+](=O)[O-]. The molecule has 1 radical (unpaired) electrons. The lowest BCUT2D eigenvalue weighted by Crippen LogP contribution is -1.98. The van der Waals surface area contributed by atoms with Crippen molar-refractivity contribution in [3.63, 3.8) is 0 Å². The maximum Gasteiger partial charge on any atom is 0.242 e. The van der Waals surface area contributed by atoms with Crippen molar-refractivity contribution in [2.75, 3.05) is 0 Å². The van der Waals surface area contributed by atoms with E-state index >= 15 is 0 Å². The fourth-order valence-electron chi connectivity index (χ4n) is 2.13. The van der Waals surface area contributed by atoms with E-state index in [9.17, 15) is 14.9 Å². The van der Waals surface area contributed by atoms with Gasteiger partial charge < -0.3 is 0 Å². The van der Waals surface area contributed by atoms with Gasteiger partial charge in [0.05, 0.1) is 4.92 Å². The molecule has 0 aliphatic carbocycles. The summed E-state index contributed by atoms with van der Waals surface area (Å²) in [4.78, 5) is 20.8. The van der Waals surface area contributed by atoms with E-state index in [-0.39, 0.29) is 4.92 Å². The summed E-state index contributed by atoms with van der Waals surface area (Å²) in [6.45, 7) is 2.11. The van der Waals surface area contributed by atoms with E-state index in [4.69, 9.17) is 0 Å². The smallest absolute Gasteiger partial charge is 0.242 e. The van der Waals surface area contributed by atoms with E-state index in [1.807, 2.05) is 18.4 Å². The predicted molar refractivity (Wildman–Crippen MR) is 100 cm³/mol. The monoisotopic (exact) mass is 332 g/mol. The Morgan fingerprint density at radius 2 is 1.50 bits per heavy atom. The van der Waals surface area contributed by atoms with Crippen molar-refractivity contribution in [2.45, 2.75) is 71.1 Å². The minimum absolute atomic E-state index is 0.285. The minimum Gasteiger partial charge on any atom is -0.291 e. The third kappa shape index (κ3) is 14.9. The number of hydrogen-bond acceptors (Lipinski definition) is 3. The van der Waals surface area contributed by atoms with Crippen LogP contribution >= 0.6 is 0 Å². The fraction of sp³-hybridized carbons (Fsp3) is 0.550. The number of allylic oxidation sites excluding steroid dienone is 8. The molecule has 4 nitrogen and oxygen atoms in total. The molecule has 0 aromatic carbocycles. The van der Waals surface area contributed by atoms with Gasteiger partial charge in [-0.2, -0.15) is 0 Å². The first-order chi connectivity index (χ1) is 11.7. The lowest BCUT2D eigenvalue weighted by Gasteiger charge is -1.99. The van der Waals surface area contributed by atoms with Gasteiger partial charge in [0.2, 0.25) is 5.70 Å². The summed E-state index contributed by atoms with van der Waals surface area (Å²) in [5, 5.41) is 11.0. The first-order valence-corrected chi connectivity index (χ1v) is 8.85. The molecule has 0 rings (SSSR count). The van der Waals surface area contributed by atoms with Crippen molar-refractivity contribution in [3.8, 4) is 0 Å². The Morgan fingerprint density at radius 1 is 0.917 bits per heavy atom. The van der Waals surface area contributed by atoms with E-state index in [2.05, 4.69) is 31.2 Å². The van der Waals surface area contributed by atoms with Gasteiger partial charge in [-0.15, -0.1) is 0 Å². The van der Waals surface area contributed by atoms with Gasteiger partial charge in [-0.05, 0) is 44.6 Å². The summed E-state index contributed by atoms with van der Waals surface area (Å²) in [5.74, 6) is 0. The first-order valence-electron chi connectivity index (χ1n) is 8.85. The number of carbonyl (C=O) groups excluding carboxylic acids is 1. The summed E-state index contributed by atoms with van der Waals surface area (Å²) in [5.41, 5.74) is 0.293. The minimum atomic E-state index is -0.285.